The van der Waals surface area contributed by atoms with Gasteiger partial charge in [-0.1, -0.05) is 44.2 Å². The number of rotatable bonds is 1. The van der Waals surface area contributed by atoms with Gasteiger partial charge in [0.15, 0.2) is 0 Å². The van der Waals surface area contributed by atoms with E-state index in [1.54, 1.807) is 6.08 Å². The fourth-order valence-electron chi connectivity index (χ4n) is 0.700. The smallest absolute Gasteiger partial charge is 0 e. The summed E-state index contributed by atoms with van der Waals surface area (Å²) in [5.74, 6) is 0. The molecule has 0 aliphatic heterocycles. The number of benzene rings is 1. The predicted molar refractivity (Wildman–Crippen MR) is 58.6 cm³/mol. The second-order valence-corrected chi connectivity index (χ2v) is 1.81. The number of hydrogen-bond donors (Lipinski definition) is 0. The molecular formula is C12H18Y-2. The van der Waals surface area contributed by atoms with Gasteiger partial charge in [-0.05, 0) is 0 Å². The van der Waals surface area contributed by atoms with E-state index in [2.05, 4.69) is 6.92 Å². The molecule has 0 bridgehead atoms. The third-order valence-corrected chi connectivity index (χ3v) is 1.11. The molecule has 0 aliphatic rings. The molecule has 0 aliphatic carbocycles. The molecule has 0 heterocycles. The number of hydrogen-bond acceptors (Lipinski definition) is 0. The van der Waals surface area contributed by atoms with Gasteiger partial charge < -0.3 is 7.43 Å². The largest absolute Gasteiger partial charge is 0.358 e. The molecule has 0 atom stereocenters. The molecule has 13 heavy (non-hydrogen) atoms. The zero-order valence-electron chi connectivity index (χ0n) is 8.83. The zero-order valence-corrected chi connectivity index (χ0v) is 11.7. The van der Waals surface area contributed by atoms with Crippen molar-refractivity contribution in [1.82, 2.24) is 0 Å². The second kappa shape index (κ2) is 14.5. The first kappa shape index (κ1) is 18.7. The van der Waals surface area contributed by atoms with Crippen LogP contribution in [0.2, 0.25) is 0 Å². The second-order valence-electron chi connectivity index (χ2n) is 1.81. The molecule has 0 spiro atoms. The van der Waals surface area contributed by atoms with Gasteiger partial charge in [0.05, 0.1) is 0 Å². The van der Waals surface area contributed by atoms with Crippen molar-refractivity contribution in [2.24, 2.45) is 0 Å². The van der Waals surface area contributed by atoms with Crippen molar-refractivity contribution in [3.8, 4) is 0 Å². The Hall–Kier alpha value is -0.0661. The minimum Gasteiger partial charge on any atom is -0.358 e. The normalized spacial score (nSPS) is 7.54. The molecule has 71 valence electrons. The van der Waals surface area contributed by atoms with Crippen LogP contribution in [0.4, 0.5) is 0 Å². The molecular weight excluding hydrogens is 233 g/mol. The summed E-state index contributed by atoms with van der Waals surface area (Å²) in [5, 5.41) is 0. The Morgan fingerprint density at radius 1 is 1.08 bits per heavy atom. The van der Waals surface area contributed by atoms with Crippen molar-refractivity contribution in [2.45, 2.75) is 13.8 Å². The third-order valence-electron chi connectivity index (χ3n) is 1.11. The summed E-state index contributed by atoms with van der Waals surface area (Å²) in [4.78, 5) is 0. The molecule has 0 aromatic heterocycles. The van der Waals surface area contributed by atoms with Gasteiger partial charge in [0.1, 0.15) is 0 Å². The third kappa shape index (κ3) is 9.85. The maximum Gasteiger partial charge on any atom is 0 e. The molecule has 1 aromatic carbocycles. The Bertz CT molecular complexity index is 190. The van der Waals surface area contributed by atoms with Crippen LogP contribution in [0.25, 0.3) is 6.08 Å². The van der Waals surface area contributed by atoms with E-state index >= 15 is 0 Å². The van der Waals surface area contributed by atoms with Crippen LogP contribution in [0.15, 0.2) is 36.4 Å². The monoisotopic (exact) mass is 251 g/mol. The van der Waals surface area contributed by atoms with Crippen LogP contribution >= 0.6 is 0 Å². The Balaban J connectivity index is -0.000000234. The van der Waals surface area contributed by atoms with Crippen molar-refractivity contribution >= 4 is 6.08 Å². The van der Waals surface area contributed by atoms with Gasteiger partial charge in [0.2, 0.25) is 0 Å². The predicted octanol–water partition coefficient (Wildman–Crippen LogP) is 4.01. The molecule has 1 heteroatoms. The zero-order chi connectivity index (χ0) is 8.53. The first-order valence-electron chi connectivity index (χ1n) is 3.94. The first-order valence-corrected chi connectivity index (χ1v) is 3.94. The van der Waals surface area contributed by atoms with E-state index in [0.717, 1.165) is 0 Å². The van der Waals surface area contributed by atoms with Crippen LogP contribution in [-0.2, 0) is 32.7 Å². The first-order chi connectivity index (χ1) is 5.43. The van der Waals surface area contributed by atoms with Crippen LogP contribution in [0.5, 0.6) is 0 Å². The molecule has 0 unspecified atom stereocenters. The maximum atomic E-state index is 3.60. The summed E-state index contributed by atoms with van der Waals surface area (Å²) in [6.45, 7) is 7.60. The standard InChI is InChI=1S/C9H9.C2H6.CH3.Y/c1-2-6-9-7-4-3-5-8-9;1-2;;/h2-8H,1H2;1-2H3;1H3;/q-1;;-1;. The van der Waals surface area contributed by atoms with Gasteiger partial charge in [-0.25, -0.2) is 19.1 Å². The molecule has 0 nitrogen and oxygen atoms in total. The average molecular weight is 251 g/mol. The van der Waals surface area contributed by atoms with Gasteiger partial charge in [0, 0.05) is 32.7 Å². The van der Waals surface area contributed by atoms with E-state index in [9.17, 15) is 0 Å². The van der Waals surface area contributed by atoms with E-state index < -0.39 is 0 Å². The maximum absolute atomic E-state index is 3.60. The molecule has 0 saturated carbocycles. The quantitative estimate of drug-likeness (QED) is 0.661. The van der Waals surface area contributed by atoms with Crippen molar-refractivity contribution in [1.29, 1.82) is 0 Å². The van der Waals surface area contributed by atoms with Crippen LogP contribution in [0.3, 0.4) is 0 Å². The summed E-state index contributed by atoms with van der Waals surface area (Å²) >= 11 is 0. The van der Waals surface area contributed by atoms with Crippen LogP contribution in [-0.4, -0.2) is 0 Å². The molecule has 0 amide bonds. The van der Waals surface area contributed by atoms with Crippen LogP contribution < -0.4 is 0 Å². The van der Waals surface area contributed by atoms with E-state index in [1.165, 1.54) is 5.56 Å². The average Bonchev–Trinajstić information content (AvgIpc) is 2.11. The minimum atomic E-state index is 0. The van der Waals surface area contributed by atoms with Gasteiger partial charge in [-0.2, -0.15) is 0 Å². The Morgan fingerprint density at radius 3 is 1.92 bits per heavy atom. The summed E-state index contributed by atoms with van der Waals surface area (Å²) in [6, 6.07) is 10.1. The van der Waals surface area contributed by atoms with Gasteiger partial charge >= 0.3 is 0 Å². The van der Waals surface area contributed by atoms with Crippen molar-refractivity contribution in [3.05, 3.63) is 56.3 Å². The fraction of sp³-hybridized carbons (Fsp3) is 0.167. The Kier molecular flexibility index (Phi) is 20.8. The van der Waals surface area contributed by atoms with E-state index in [-0.39, 0.29) is 40.1 Å². The summed E-state index contributed by atoms with van der Waals surface area (Å²) in [6.07, 6.45) is 3.76. The van der Waals surface area contributed by atoms with E-state index in [4.69, 9.17) is 0 Å². The molecule has 1 rings (SSSR count). The Labute approximate surface area is 108 Å². The van der Waals surface area contributed by atoms with E-state index in [1.807, 2.05) is 50.3 Å². The van der Waals surface area contributed by atoms with E-state index in [0.29, 0.717) is 0 Å². The fourth-order valence-corrected chi connectivity index (χ4v) is 0.700. The van der Waals surface area contributed by atoms with Crippen molar-refractivity contribution < 1.29 is 32.7 Å². The number of allylic oxidation sites excluding steroid dienone is 1. The molecule has 1 aromatic rings. The van der Waals surface area contributed by atoms with Crippen LogP contribution in [0.1, 0.15) is 19.4 Å². The summed E-state index contributed by atoms with van der Waals surface area (Å²) < 4.78 is 0. The minimum absolute atomic E-state index is 0. The van der Waals surface area contributed by atoms with Crippen molar-refractivity contribution in [3.63, 3.8) is 0 Å². The summed E-state index contributed by atoms with van der Waals surface area (Å²) in [5.41, 5.74) is 1.20. The molecule has 1 radical (unpaired) electrons. The molecule has 0 saturated heterocycles. The van der Waals surface area contributed by atoms with Crippen LogP contribution in [0, 0.1) is 14.4 Å². The van der Waals surface area contributed by atoms with Gasteiger partial charge in [-0.3, -0.25) is 0 Å². The topological polar surface area (TPSA) is 0 Å². The molecule has 0 fully saturated rings. The van der Waals surface area contributed by atoms with Gasteiger partial charge in [0.25, 0.3) is 0 Å². The SMILES string of the molecule is CC.[CH2-]C=Cc1ccccc1.[CH3-].[Y]. The summed E-state index contributed by atoms with van der Waals surface area (Å²) in [7, 11) is 0. The van der Waals surface area contributed by atoms with Gasteiger partial charge in [-0.15, -0.1) is 5.56 Å². The van der Waals surface area contributed by atoms with Crippen molar-refractivity contribution in [2.75, 3.05) is 0 Å². The molecule has 0 N–H and O–H groups in total. The Morgan fingerprint density at radius 2 is 1.54 bits per heavy atom.